The van der Waals surface area contributed by atoms with E-state index in [1.165, 1.54) is 17.8 Å². The van der Waals surface area contributed by atoms with Crippen molar-refractivity contribution in [3.05, 3.63) is 71.0 Å². The fourth-order valence-corrected chi connectivity index (χ4v) is 5.24. The van der Waals surface area contributed by atoms with Crippen molar-refractivity contribution in [2.45, 2.75) is 46.0 Å². The molecule has 1 amide bonds. The van der Waals surface area contributed by atoms with Gasteiger partial charge in [-0.15, -0.1) is 0 Å². The molecule has 0 bridgehead atoms. The van der Waals surface area contributed by atoms with E-state index in [9.17, 15) is 9.18 Å². The van der Waals surface area contributed by atoms with Gasteiger partial charge in [-0.25, -0.2) is 9.07 Å². The Balaban J connectivity index is 1.68. The molecule has 0 radical (unpaired) electrons. The molecule has 0 unspecified atom stereocenters. The van der Waals surface area contributed by atoms with E-state index in [0.717, 1.165) is 37.8 Å². The number of benzene rings is 2. The largest absolute Gasteiger partial charge is 0.491 e. The molecule has 188 valence electrons. The SMILES string of the molecule is CCCCCCN1C(=O)/C(=C/c2cn(-c3ccccc3)nc2-c2ccc(OCCC)c(F)c2)SC1=S. The van der Waals surface area contributed by atoms with Gasteiger partial charge in [-0.2, -0.15) is 5.10 Å². The number of hydrogen-bond acceptors (Lipinski definition) is 5. The van der Waals surface area contributed by atoms with Crippen molar-refractivity contribution in [2.75, 3.05) is 13.2 Å². The molecule has 2 aromatic carbocycles. The summed E-state index contributed by atoms with van der Waals surface area (Å²) in [5, 5.41) is 4.76. The number of rotatable bonds is 11. The van der Waals surface area contributed by atoms with Crippen LogP contribution in [0.3, 0.4) is 0 Å². The number of thiocarbonyl (C=S) groups is 1. The maximum atomic E-state index is 14.8. The summed E-state index contributed by atoms with van der Waals surface area (Å²) in [5.41, 5.74) is 2.76. The summed E-state index contributed by atoms with van der Waals surface area (Å²) in [6, 6.07) is 14.5. The maximum Gasteiger partial charge on any atom is 0.266 e. The van der Waals surface area contributed by atoms with Crippen molar-refractivity contribution in [1.82, 2.24) is 14.7 Å². The fraction of sp³-hybridized carbons (Fsp3) is 0.321. The topological polar surface area (TPSA) is 47.4 Å². The van der Waals surface area contributed by atoms with Crippen molar-refractivity contribution in [3.8, 4) is 22.7 Å². The minimum absolute atomic E-state index is 0.0885. The van der Waals surface area contributed by atoms with E-state index in [2.05, 4.69) is 6.92 Å². The summed E-state index contributed by atoms with van der Waals surface area (Å²) < 4.78 is 22.6. The molecule has 8 heteroatoms. The zero-order valence-electron chi connectivity index (χ0n) is 20.6. The molecule has 0 aliphatic carbocycles. The van der Waals surface area contributed by atoms with Crippen molar-refractivity contribution in [1.29, 1.82) is 0 Å². The van der Waals surface area contributed by atoms with Crippen LogP contribution in [0.2, 0.25) is 0 Å². The summed E-state index contributed by atoms with van der Waals surface area (Å²) in [5.74, 6) is -0.317. The van der Waals surface area contributed by atoms with Crippen molar-refractivity contribution in [3.63, 3.8) is 0 Å². The van der Waals surface area contributed by atoms with Crippen LogP contribution in [0.5, 0.6) is 5.75 Å². The highest BCUT2D eigenvalue weighted by molar-refractivity contribution is 8.26. The van der Waals surface area contributed by atoms with Crippen LogP contribution in [0.1, 0.15) is 51.5 Å². The molecule has 2 heterocycles. The Morgan fingerprint density at radius 3 is 2.61 bits per heavy atom. The average Bonchev–Trinajstić information content (AvgIpc) is 3.42. The molecule has 1 aliphatic rings. The number of hydrogen-bond donors (Lipinski definition) is 0. The van der Waals surface area contributed by atoms with Crippen LogP contribution in [0.15, 0.2) is 59.6 Å². The minimum Gasteiger partial charge on any atom is -0.491 e. The third-order valence-electron chi connectivity index (χ3n) is 5.83. The van der Waals surface area contributed by atoms with E-state index in [-0.39, 0.29) is 11.7 Å². The number of carbonyl (C=O) groups is 1. The Kier molecular flexibility index (Phi) is 8.93. The Labute approximate surface area is 221 Å². The Hall–Kier alpha value is -2.97. The molecular formula is C28H30FN3O2S2. The first-order valence-electron chi connectivity index (χ1n) is 12.3. The van der Waals surface area contributed by atoms with E-state index in [1.807, 2.05) is 49.5 Å². The smallest absolute Gasteiger partial charge is 0.266 e. The zero-order chi connectivity index (χ0) is 25.5. The van der Waals surface area contributed by atoms with Crippen LogP contribution in [0, 0.1) is 5.82 Å². The molecule has 5 nitrogen and oxygen atoms in total. The molecule has 1 fully saturated rings. The molecule has 0 spiro atoms. The van der Waals surface area contributed by atoms with Gasteiger partial charge in [0, 0.05) is 23.9 Å². The van der Waals surface area contributed by atoms with Crippen molar-refractivity contribution >= 4 is 40.3 Å². The van der Waals surface area contributed by atoms with Gasteiger partial charge in [0.2, 0.25) is 0 Å². The molecule has 0 saturated carbocycles. The third-order valence-corrected chi connectivity index (χ3v) is 7.20. The van der Waals surface area contributed by atoms with E-state index in [0.29, 0.717) is 39.2 Å². The van der Waals surface area contributed by atoms with Gasteiger partial charge in [0.1, 0.15) is 10.0 Å². The van der Waals surface area contributed by atoms with Gasteiger partial charge >= 0.3 is 0 Å². The van der Waals surface area contributed by atoms with Gasteiger partial charge in [-0.1, -0.05) is 75.3 Å². The summed E-state index contributed by atoms with van der Waals surface area (Å²) in [4.78, 5) is 15.4. The van der Waals surface area contributed by atoms with Gasteiger partial charge in [0.15, 0.2) is 11.6 Å². The summed E-state index contributed by atoms with van der Waals surface area (Å²) in [6.45, 7) is 5.21. The molecule has 1 saturated heterocycles. The number of halogens is 1. The first kappa shape index (κ1) is 26.1. The minimum atomic E-state index is -0.445. The number of thioether (sulfide) groups is 1. The van der Waals surface area contributed by atoms with Gasteiger partial charge in [-0.05, 0) is 49.2 Å². The lowest BCUT2D eigenvalue weighted by Crippen LogP contribution is -2.29. The predicted octanol–water partition coefficient (Wildman–Crippen LogP) is 7.25. The second kappa shape index (κ2) is 12.3. The molecule has 1 aliphatic heterocycles. The summed E-state index contributed by atoms with van der Waals surface area (Å²) in [6.07, 6.45) is 8.75. The van der Waals surface area contributed by atoms with Crippen LogP contribution < -0.4 is 4.74 Å². The van der Waals surface area contributed by atoms with Gasteiger partial charge in [0.05, 0.1) is 17.2 Å². The highest BCUT2D eigenvalue weighted by Gasteiger charge is 2.32. The quantitative estimate of drug-likeness (QED) is 0.151. The number of amides is 1. The van der Waals surface area contributed by atoms with Crippen LogP contribution in [-0.4, -0.2) is 38.1 Å². The van der Waals surface area contributed by atoms with Gasteiger partial charge < -0.3 is 4.74 Å². The molecular weight excluding hydrogens is 493 g/mol. The van der Waals surface area contributed by atoms with Crippen molar-refractivity contribution in [2.24, 2.45) is 0 Å². The molecule has 36 heavy (non-hydrogen) atoms. The number of nitrogens with zero attached hydrogens (tertiary/aromatic N) is 3. The lowest BCUT2D eigenvalue weighted by molar-refractivity contribution is -0.122. The fourth-order valence-electron chi connectivity index (χ4n) is 3.94. The summed E-state index contributed by atoms with van der Waals surface area (Å²) >= 11 is 6.81. The Bertz CT molecular complexity index is 1260. The molecule has 1 aromatic heterocycles. The lowest BCUT2D eigenvalue weighted by Gasteiger charge is -2.13. The molecule has 4 rings (SSSR count). The van der Waals surface area contributed by atoms with E-state index >= 15 is 0 Å². The second-order valence-electron chi connectivity index (χ2n) is 8.60. The van der Waals surface area contributed by atoms with E-state index < -0.39 is 5.82 Å². The number of para-hydroxylation sites is 1. The predicted molar refractivity (Wildman–Crippen MR) is 149 cm³/mol. The zero-order valence-corrected chi connectivity index (χ0v) is 22.2. The summed E-state index contributed by atoms with van der Waals surface area (Å²) in [7, 11) is 0. The van der Waals surface area contributed by atoms with Gasteiger partial charge in [-0.3, -0.25) is 9.69 Å². The molecule has 3 aromatic rings. The van der Waals surface area contributed by atoms with Crippen molar-refractivity contribution < 1.29 is 13.9 Å². The second-order valence-corrected chi connectivity index (χ2v) is 10.3. The molecule has 0 N–H and O–H groups in total. The maximum absolute atomic E-state index is 14.8. The Morgan fingerprint density at radius 2 is 1.89 bits per heavy atom. The Morgan fingerprint density at radius 1 is 1.08 bits per heavy atom. The molecule has 0 atom stereocenters. The first-order valence-corrected chi connectivity index (χ1v) is 13.6. The van der Waals surface area contributed by atoms with E-state index in [4.69, 9.17) is 22.1 Å². The monoisotopic (exact) mass is 523 g/mol. The standard InChI is InChI=1S/C28H30FN3O2S2/c1-3-5-6-10-15-31-27(33)25(36-28(31)35)18-21-19-32(22-11-8-7-9-12-22)30-26(21)20-13-14-24(23(29)17-20)34-16-4-2/h7-9,11-14,17-19H,3-6,10,15-16H2,1-2H3/b25-18-. The number of ether oxygens (including phenoxy) is 1. The van der Waals surface area contributed by atoms with Crippen LogP contribution in [0.4, 0.5) is 4.39 Å². The third kappa shape index (κ3) is 6.05. The normalized spacial score (nSPS) is 14.8. The number of aromatic nitrogens is 2. The average molecular weight is 524 g/mol. The highest BCUT2D eigenvalue weighted by Crippen LogP contribution is 2.35. The number of carbonyl (C=O) groups excluding carboxylic acids is 1. The van der Waals surface area contributed by atoms with Gasteiger partial charge in [0.25, 0.3) is 5.91 Å². The lowest BCUT2D eigenvalue weighted by atomic mass is 10.1. The first-order chi connectivity index (χ1) is 17.5. The highest BCUT2D eigenvalue weighted by atomic mass is 32.2. The number of unbranched alkanes of at least 4 members (excludes halogenated alkanes) is 3. The van der Waals surface area contributed by atoms with E-state index in [1.54, 1.807) is 21.7 Å². The van der Waals surface area contributed by atoms with Crippen LogP contribution in [-0.2, 0) is 4.79 Å². The van der Waals surface area contributed by atoms with Crippen LogP contribution >= 0.6 is 24.0 Å². The van der Waals surface area contributed by atoms with Crippen LogP contribution in [0.25, 0.3) is 23.0 Å².